The van der Waals surface area contributed by atoms with Crippen LogP contribution in [0, 0.1) is 11.8 Å². The lowest BCUT2D eigenvalue weighted by molar-refractivity contribution is -0.132. The van der Waals surface area contributed by atoms with Crippen molar-refractivity contribution in [2.45, 2.75) is 56.7 Å². The molecule has 1 N–H and O–H groups in total. The first kappa shape index (κ1) is 21.9. The van der Waals surface area contributed by atoms with E-state index in [4.69, 9.17) is 12.2 Å². The summed E-state index contributed by atoms with van der Waals surface area (Å²) >= 11 is 5.94. The van der Waals surface area contributed by atoms with Crippen molar-refractivity contribution in [3.8, 4) is 0 Å². The van der Waals surface area contributed by atoms with Crippen molar-refractivity contribution >= 4 is 29.2 Å². The Kier molecular flexibility index (Phi) is 6.51. The van der Waals surface area contributed by atoms with Crippen molar-refractivity contribution in [3.05, 3.63) is 42.1 Å². The summed E-state index contributed by atoms with van der Waals surface area (Å²) in [5.74, 6) is 1.62. The molecule has 6 heteroatoms. The van der Waals surface area contributed by atoms with Crippen molar-refractivity contribution in [2.75, 3.05) is 33.2 Å². The molecule has 0 bridgehead atoms. The van der Waals surface area contributed by atoms with Gasteiger partial charge in [0, 0.05) is 38.1 Å². The monoisotopic (exact) mass is 452 g/mol. The first-order valence-electron chi connectivity index (χ1n) is 12.4. The molecular formula is C26H36N4OS. The van der Waals surface area contributed by atoms with Crippen LogP contribution in [0.3, 0.4) is 0 Å². The highest BCUT2D eigenvalue weighted by atomic mass is 32.1. The Morgan fingerprint density at radius 3 is 2.81 bits per heavy atom. The van der Waals surface area contributed by atoms with E-state index in [0.29, 0.717) is 18.5 Å². The number of carbonyl (C=O) groups excluding carboxylic acids is 1. The van der Waals surface area contributed by atoms with Gasteiger partial charge in [0.15, 0.2) is 0 Å². The van der Waals surface area contributed by atoms with Gasteiger partial charge in [0.1, 0.15) is 0 Å². The highest BCUT2D eigenvalue weighted by Crippen LogP contribution is 2.45. The standard InChI is InChI=1S/C26H36N4OS/c1-28(24(31)17-27-12-11-19-7-3-2-4-8-19)21-15-23-22-10-6-14-29-13-5-9-20(26(22)29)18-30(23)25(32)16-21/h2-4,7-8,11-12,20-23,26-27H,5-6,9-10,13-18H2,1H3/b12-11+/t20-,21-,22+,23+,26-/m0/s1. The Labute approximate surface area is 197 Å². The van der Waals surface area contributed by atoms with Gasteiger partial charge in [-0.25, -0.2) is 0 Å². The van der Waals surface area contributed by atoms with Gasteiger partial charge in [-0.3, -0.25) is 9.69 Å². The topological polar surface area (TPSA) is 38.8 Å². The van der Waals surface area contributed by atoms with Gasteiger partial charge < -0.3 is 15.1 Å². The Morgan fingerprint density at radius 1 is 1.22 bits per heavy atom. The van der Waals surface area contributed by atoms with Crippen LogP contribution < -0.4 is 5.32 Å². The predicted octanol–water partition coefficient (Wildman–Crippen LogP) is 3.37. The van der Waals surface area contributed by atoms with Crippen LogP contribution in [0.15, 0.2) is 36.5 Å². The maximum Gasteiger partial charge on any atom is 0.241 e. The molecule has 0 spiro atoms. The summed E-state index contributed by atoms with van der Waals surface area (Å²) in [5, 5.41) is 3.17. The molecule has 5 nitrogen and oxygen atoms in total. The molecule has 1 aromatic carbocycles. The lowest BCUT2D eigenvalue weighted by atomic mass is 9.67. The molecular weight excluding hydrogens is 416 g/mol. The largest absolute Gasteiger partial charge is 0.382 e. The van der Waals surface area contributed by atoms with Crippen LogP contribution in [-0.2, 0) is 4.79 Å². The quantitative estimate of drug-likeness (QED) is 0.694. The van der Waals surface area contributed by atoms with Gasteiger partial charge in [0.25, 0.3) is 0 Å². The fraction of sp³-hybridized carbons (Fsp3) is 0.615. The molecule has 4 saturated heterocycles. The summed E-state index contributed by atoms with van der Waals surface area (Å²) in [6, 6.07) is 11.6. The van der Waals surface area contributed by atoms with Crippen LogP contribution in [0.25, 0.3) is 6.08 Å². The minimum atomic E-state index is 0.139. The van der Waals surface area contributed by atoms with Crippen molar-refractivity contribution in [1.29, 1.82) is 0 Å². The van der Waals surface area contributed by atoms with Gasteiger partial charge in [0.05, 0.1) is 11.5 Å². The van der Waals surface area contributed by atoms with Crippen LogP contribution in [-0.4, -0.2) is 76.9 Å². The van der Waals surface area contributed by atoms with E-state index in [0.717, 1.165) is 41.9 Å². The molecule has 4 aliphatic heterocycles. The summed E-state index contributed by atoms with van der Waals surface area (Å²) in [6.07, 6.45) is 11.1. The number of hydrogen-bond donors (Lipinski definition) is 1. The second-order valence-corrected chi connectivity index (χ2v) is 10.5. The van der Waals surface area contributed by atoms with Crippen LogP contribution in [0.2, 0.25) is 0 Å². The summed E-state index contributed by atoms with van der Waals surface area (Å²) in [5.41, 5.74) is 1.12. The number of piperidine rings is 4. The average Bonchev–Trinajstić information content (AvgIpc) is 2.83. The number of benzene rings is 1. The zero-order valence-corrected chi connectivity index (χ0v) is 20.0. The average molecular weight is 453 g/mol. The maximum atomic E-state index is 12.9. The maximum absolute atomic E-state index is 12.9. The zero-order chi connectivity index (χ0) is 22.1. The molecule has 0 unspecified atom stereocenters. The lowest BCUT2D eigenvalue weighted by Gasteiger charge is -2.60. The number of nitrogens with one attached hydrogen (secondary N) is 1. The van der Waals surface area contributed by atoms with E-state index >= 15 is 0 Å². The van der Waals surface area contributed by atoms with Crippen LogP contribution in [0.4, 0.5) is 0 Å². The summed E-state index contributed by atoms with van der Waals surface area (Å²) in [6.45, 7) is 4.01. The van der Waals surface area contributed by atoms with E-state index in [1.807, 2.05) is 54.6 Å². The third-order valence-corrected chi connectivity index (χ3v) is 8.71. The molecule has 5 atom stereocenters. The third kappa shape index (κ3) is 4.32. The molecule has 1 aromatic rings. The molecule has 0 radical (unpaired) electrons. The molecule has 1 amide bonds. The van der Waals surface area contributed by atoms with Crippen LogP contribution in [0.5, 0.6) is 0 Å². The van der Waals surface area contributed by atoms with Crippen molar-refractivity contribution in [1.82, 2.24) is 20.0 Å². The van der Waals surface area contributed by atoms with Gasteiger partial charge >= 0.3 is 0 Å². The van der Waals surface area contributed by atoms with Crippen molar-refractivity contribution < 1.29 is 4.79 Å². The zero-order valence-electron chi connectivity index (χ0n) is 19.2. The Morgan fingerprint density at radius 2 is 2.00 bits per heavy atom. The number of amides is 1. The molecule has 4 fully saturated rings. The normalized spacial score (nSPS) is 32.3. The molecule has 172 valence electrons. The van der Waals surface area contributed by atoms with Crippen molar-refractivity contribution in [2.24, 2.45) is 11.8 Å². The highest BCUT2D eigenvalue weighted by Gasteiger charge is 2.51. The van der Waals surface area contributed by atoms with Gasteiger partial charge in [-0.15, -0.1) is 0 Å². The van der Waals surface area contributed by atoms with E-state index in [1.165, 1.54) is 38.8 Å². The second kappa shape index (κ2) is 9.52. The molecule has 4 heterocycles. The van der Waals surface area contributed by atoms with Gasteiger partial charge in [-0.1, -0.05) is 42.5 Å². The van der Waals surface area contributed by atoms with E-state index in [-0.39, 0.29) is 11.9 Å². The fourth-order valence-corrected chi connectivity index (χ4v) is 7.16. The van der Waals surface area contributed by atoms with E-state index < -0.39 is 0 Å². The summed E-state index contributed by atoms with van der Waals surface area (Å²) in [4.78, 5) is 21.3. The summed E-state index contributed by atoms with van der Waals surface area (Å²) in [7, 11) is 1.97. The lowest BCUT2D eigenvalue weighted by Crippen LogP contribution is -2.68. The highest BCUT2D eigenvalue weighted by molar-refractivity contribution is 7.80. The Bertz CT molecular complexity index is 857. The second-order valence-electron chi connectivity index (χ2n) is 10.1. The number of hydrogen-bond acceptors (Lipinski definition) is 4. The molecule has 0 saturated carbocycles. The molecule has 0 aliphatic carbocycles. The SMILES string of the molecule is CN(C(=O)CN/C=C/c1ccccc1)[C@@H]1CC(=S)N2C[C@@H]3CCCN4CCC[C@@H]([C@H]34)[C@H]2C1. The number of fused-ring (bicyclic) bond motifs is 2. The molecule has 5 rings (SSSR count). The van der Waals surface area contributed by atoms with Gasteiger partial charge in [-0.05, 0) is 74.9 Å². The molecule has 0 aromatic heterocycles. The first-order chi connectivity index (χ1) is 15.6. The molecule has 32 heavy (non-hydrogen) atoms. The smallest absolute Gasteiger partial charge is 0.241 e. The Balaban J connectivity index is 1.21. The fourth-order valence-electron chi connectivity index (χ4n) is 6.75. The number of carbonyl (C=O) groups is 1. The number of likely N-dealkylation sites (N-methyl/N-ethyl adjacent to an activating group) is 1. The Hall–Kier alpha value is -1.92. The van der Waals surface area contributed by atoms with E-state index in [9.17, 15) is 4.79 Å². The minimum Gasteiger partial charge on any atom is -0.382 e. The number of nitrogens with zero attached hydrogens (tertiary/aromatic N) is 3. The van der Waals surface area contributed by atoms with E-state index in [1.54, 1.807) is 0 Å². The number of rotatable bonds is 5. The number of thiocarbonyl (C=S) groups is 1. The van der Waals surface area contributed by atoms with Gasteiger partial charge in [-0.2, -0.15) is 0 Å². The van der Waals surface area contributed by atoms with Crippen LogP contribution >= 0.6 is 12.2 Å². The summed E-state index contributed by atoms with van der Waals surface area (Å²) < 4.78 is 0. The van der Waals surface area contributed by atoms with Gasteiger partial charge in [0.2, 0.25) is 5.91 Å². The van der Waals surface area contributed by atoms with E-state index in [2.05, 4.69) is 15.1 Å². The predicted molar refractivity (Wildman–Crippen MR) is 133 cm³/mol. The van der Waals surface area contributed by atoms with Crippen molar-refractivity contribution in [3.63, 3.8) is 0 Å². The molecule has 4 aliphatic rings. The third-order valence-electron chi connectivity index (χ3n) is 8.30. The van der Waals surface area contributed by atoms with Crippen LogP contribution in [0.1, 0.15) is 44.1 Å². The first-order valence-corrected chi connectivity index (χ1v) is 12.8. The minimum absolute atomic E-state index is 0.139.